The van der Waals surface area contributed by atoms with Crippen molar-refractivity contribution in [1.82, 2.24) is 0 Å². The normalized spacial score (nSPS) is 12.3. The molecule has 4 nitrogen and oxygen atoms in total. The highest BCUT2D eigenvalue weighted by atomic mass is 16.5. The molecular weight excluding hydrogens is 256 g/mol. The van der Waals surface area contributed by atoms with Crippen molar-refractivity contribution in [1.29, 1.82) is 0 Å². The third kappa shape index (κ3) is 5.72. The van der Waals surface area contributed by atoms with E-state index in [1.807, 2.05) is 20.8 Å². The number of rotatable bonds is 6. The summed E-state index contributed by atoms with van der Waals surface area (Å²) in [6.07, 6.45) is 0. The average molecular weight is 280 g/mol. The minimum atomic E-state index is -1.36. The van der Waals surface area contributed by atoms with Gasteiger partial charge in [-0.1, -0.05) is 0 Å². The quantitative estimate of drug-likeness (QED) is 0.643. The fourth-order valence-electron chi connectivity index (χ4n) is 1.56. The first-order valence-electron chi connectivity index (χ1n) is 6.73. The van der Waals surface area contributed by atoms with Crippen LogP contribution in [0.3, 0.4) is 0 Å². The summed E-state index contributed by atoms with van der Waals surface area (Å²) in [5, 5.41) is 9.66. The van der Waals surface area contributed by atoms with Gasteiger partial charge in [-0.25, -0.2) is 0 Å². The molecule has 0 spiro atoms. The maximum atomic E-state index is 11.8. The SMILES string of the molecule is CC(C)(C)OCCOc1ccc(C(=O)C(C)(C)O)cc1. The molecule has 0 fully saturated rings. The van der Waals surface area contributed by atoms with Gasteiger partial charge in [-0.05, 0) is 58.9 Å². The van der Waals surface area contributed by atoms with E-state index in [0.717, 1.165) is 0 Å². The van der Waals surface area contributed by atoms with E-state index in [-0.39, 0.29) is 11.4 Å². The monoisotopic (exact) mass is 280 g/mol. The Morgan fingerprint density at radius 1 is 1.05 bits per heavy atom. The van der Waals surface area contributed by atoms with Gasteiger partial charge in [0.25, 0.3) is 0 Å². The molecule has 1 rings (SSSR count). The highest BCUT2D eigenvalue weighted by Crippen LogP contribution is 2.17. The summed E-state index contributed by atoms with van der Waals surface area (Å²) in [5.74, 6) is 0.370. The van der Waals surface area contributed by atoms with E-state index in [9.17, 15) is 9.90 Å². The lowest BCUT2D eigenvalue weighted by Gasteiger charge is -2.19. The molecule has 0 unspecified atom stereocenters. The lowest BCUT2D eigenvalue weighted by Crippen LogP contribution is -2.30. The second kappa shape index (κ2) is 6.37. The van der Waals surface area contributed by atoms with Crippen LogP contribution >= 0.6 is 0 Å². The molecule has 1 aromatic carbocycles. The molecule has 0 atom stereocenters. The van der Waals surface area contributed by atoms with Gasteiger partial charge in [0.1, 0.15) is 18.0 Å². The first kappa shape index (κ1) is 16.7. The largest absolute Gasteiger partial charge is 0.491 e. The van der Waals surface area contributed by atoms with Crippen molar-refractivity contribution in [2.45, 2.75) is 45.8 Å². The van der Waals surface area contributed by atoms with E-state index >= 15 is 0 Å². The molecule has 1 aromatic rings. The van der Waals surface area contributed by atoms with Gasteiger partial charge in [-0.2, -0.15) is 0 Å². The summed E-state index contributed by atoms with van der Waals surface area (Å²) in [5.41, 5.74) is -1.06. The van der Waals surface area contributed by atoms with Crippen molar-refractivity contribution in [3.63, 3.8) is 0 Å². The topological polar surface area (TPSA) is 55.8 Å². The predicted octanol–water partition coefficient (Wildman–Crippen LogP) is 2.83. The Balaban J connectivity index is 2.49. The number of carbonyl (C=O) groups is 1. The Hall–Kier alpha value is -1.39. The Morgan fingerprint density at radius 3 is 2.05 bits per heavy atom. The van der Waals surface area contributed by atoms with Crippen LogP contribution in [0.25, 0.3) is 0 Å². The minimum Gasteiger partial charge on any atom is -0.491 e. The van der Waals surface area contributed by atoms with Crippen LogP contribution in [0.1, 0.15) is 45.0 Å². The number of carbonyl (C=O) groups excluding carboxylic acids is 1. The van der Waals surface area contributed by atoms with Gasteiger partial charge in [0.15, 0.2) is 5.78 Å². The summed E-state index contributed by atoms with van der Waals surface area (Å²) in [6, 6.07) is 6.74. The third-order valence-electron chi connectivity index (χ3n) is 2.56. The Morgan fingerprint density at radius 2 is 1.60 bits per heavy atom. The van der Waals surface area contributed by atoms with Crippen LogP contribution in [0.4, 0.5) is 0 Å². The highest BCUT2D eigenvalue weighted by molar-refractivity contribution is 6.01. The zero-order chi connectivity index (χ0) is 15.4. The van der Waals surface area contributed by atoms with Crippen LogP contribution in [0.2, 0.25) is 0 Å². The number of hydrogen-bond acceptors (Lipinski definition) is 4. The van der Waals surface area contributed by atoms with Gasteiger partial charge in [0, 0.05) is 5.56 Å². The molecule has 0 amide bonds. The second-order valence-corrected chi connectivity index (χ2v) is 6.22. The number of benzene rings is 1. The zero-order valence-corrected chi connectivity index (χ0v) is 12.9. The Labute approximate surface area is 120 Å². The number of Topliss-reactive ketones (excluding diaryl/α,β-unsaturated/α-hetero) is 1. The molecule has 20 heavy (non-hydrogen) atoms. The van der Waals surface area contributed by atoms with Crippen LogP contribution in [0.5, 0.6) is 5.75 Å². The first-order chi connectivity index (χ1) is 9.09. The highest BCUT2D eigenvalue weighted by Gasteiger charge is 2.24. The molecule has 0 bridgehead atoms. The lowest BCUT2D eigenvalue weighted by molar-refractivity contribution is -0.0163. The molecule has 1 N–H and O–H groups in total. The van der Waals surface area contributed by atoms with E-state index in [0.29, 0.717) is 24.5 Å². The maximum Gasteiger partial charge on any atom is 0.193 e. The van der Waals surface area contributed by atoms with E-state index in [4.69, 9.17) is 9.47 Å². The minimum absolute atomic E-state index is 0.174. The second-order valence-electron chi connectivity index (χ2n) is 6.22. The van der Waals surface area contributed by atoms with Gasteiger partial charge >= 0.3 is 0 Å². The molecule has 0 aromatic heterocycles. The van der Waals surface area contributed by atoms with Crippen molar-refractivity contribution in [3.8, 4) is 5.75 Å². The fraction of sp³-hybridized carbons (Fsp3) is 0.562. The molecule has 0 aliphatic rings. The van der Waals surface area contributed by atoms with Crippen LogP contribution < -0.4 is 4.74 Å². The van der Waals surface area contributed by atoms with Crippen LogP contribution in [0.15, 0.2) is 24.3 Å². The Bertz CT molecular complexity index is 435. The van der Waals surface area contributed by atoms with E-state index < -0.39 is 5.60 Å². The number of hydrogen-bond donors (Lipinski definition) is 1. The zero-order valence-electron chi connectivity index (χ0n) is 12.9. The lowest BCUT2D eigenvalue weighted by atomic mass is 9.97. The van der Waals surface area contributed by atoms with Gasteiger partial charge in [-0.3, -0.25) is 4.79 Å². The molecule has 112 valence electrons. The van der Waals surface area contributed by atoms with E-state index in [2.05, 4.69) is 0 Å². The third-order valence-corrected chi connectivity index (χ3v) is 2.56. The van der Waals surface area contributed by atoms with Crippen molar-refractivity contribution in [2.24, 2.45) is 0 Å². The molecule has 4 heteroatoms. The van der Waals surface area contributed by atoms with Crippen molar-refractivity contribution < 1.29 is 19.4 Å². The number of ketones is 1. The van der Waals surface area contributed by atoms with Crippen molar-refractivity contribution in [2.75, 3.05) is 13.2 Å². The van der Waals surface area contributed by atoms with Crippen LogP contribution in [-0.4, -0.2) is 35.3 Å². The fourth-order valence-corrected chi connectivity index (χ4v) is 1.56. The summed E-state index contributed by atoms with van der Waals surface area (Å²) in [7, 11) is 0. The molecule has 0 aliphatic carbocycles. The predicted molar refractivity (Wildman–Crippen MR) is 78.3 cm³/mol. The van der Waals surface area contributed by atoms with Crippen LogP contribution in [0, 0.1) is 0 Å². The smallest absolute Gasteiger partial charge is 0.193 e. The van der Waals surface area contributed by atoms with Gasteiger partial charge in [-0.15, -0.1) is 0 Å². The number of ether oxygens (including phenoxy) is 2. The first-order valence-corrected chi connectivity index (χ1v) is 6.73. The van der Waals surface area contributed by atoms with Gasteiger partial charge in [0.05, 0.1) is 12.2 Å². The Kier molecular flexibility index (Phi) is 5.31. The van der Waals surface area contributed by atoms with E-state index in [1.54, 1.807) is 24.3 Å². The summed E-state index contributed by atoms with van der Waals surface area (Å²) in [6.45, 7) is 9.88. The number of aliphatic hydroxyl groups is 1. The molecule has 0 radical (unpaired) electrons. The van der Waals surface area contributed by atoms with Crippen LogP contribution in [-0.2, 0) is 4.74 Å². The summed E-state index contributed by atoms with van der Waals surface area (Å²) < 4.78 is 11.1. The molecule has 0 heterocycles. The van der Waals surface area contributed by atoms with E-state index in [1.165, 1.54) is 13.8 Å². The molecular formula is C16H24O4. The molecule has 0 saturated carbocycles. The van der Waals surface area contributed by atoms with Crippen molar-refractivity contribution >= 4 is 5.78 Å². The molecule has 0 saturated heterocycles. The molecule has 0 aliphatic heterocycles. The maximum absolute atomic E-state index is 11.8. The summed E-state index contributed by atoms with van der Waals surface area (Å²) in [4.78, 5) is 11.8. The average Bonchev–Trinajstić information content (AvgIpc) is 2.32. The van der Waals surface area contributed by atoms with Gasteiger partial charge < -0.3 is 14.6 Å². The standard InChI is InChI=1S/C16H24O4/c1-15(2,3)20-11-10-19-13-8-6-12(7-9-13)14(17)16(4,5)18/h6-9,18H,10-11H2,1-5H3. The van der Waals surface area contributed by atoms with Crippen molar-refractivity contribution in [3.05, 3.63) is 29.8 Å². The summed E-state index contributed by atoms with van der Waals surface area (Å²) >= 11 is 0. The van der Waals surface area contributed by atoms with Gasteiger partial charge in [0.2, 0.25) is 0 Å².